The molecular weight excluding hydrogens is 396 g/mol. The molecule has 0 spiro atoms. The van der Waals surface area contributed by atoms with Gasteiger partial charge in [0.2, 0.25) is 0 Å². The first kappa shape index (κ1) is 28.9. The molecule has 0 bridgehead atoms. The van der Waals surface area contributed by atoms with Crippen LogP contribution in [0.5, 0.6) is 0 Å². The van der Waals surface area contributed by atoms with E-state index in [-0.39, 0.29) is 35.1 Å². The third-order valence-corrected chi connectivity index (χ3v) is 4.40. The van der Waals surface area contributed by atoms with Crippen LogP contribution in [0.3, 0.4) is 0 Å². The van der Waals surface area contributed by atoms with Crippen LogP contribution in [-0.2, 0) is 9.59 Å². The van der Waals surface area contributed by atoms with Gasteiger partial charge in [-0.05, 0) is 44.9 Å². The van der Waals surface area contributed by atoms with E-state index in [4.69, 9.17) is 0 Å². The fourth-order valence-electron chi connectivity index (χ4n) is 2.98. The Labute approximate surface area is 188 Å². The van der Waals surface area contributed by atoms with Crippen molar-refractivity contribution in [1.29, 1.82) is 0 Å². The molecule has 0 heterocycles. The van der Waals surface area contributed by atoms with Gasteiger partial charge in [-0.25, -0.2) is 9.59 Å². The number of nitrogens with one attached hydrogen (secondary N) is 4. The number of carbonyl (C=O) groups excluding carboxylic acids is 4. The molecule has 8 nitrogen and oxygen atoms in total. The van der Waals surface area contributed by atoms with Crippen LogP contribution >= 0.6 is 0 Å². The third-order valence-electron chi connectivity index (χ3n) is 4.40. The molecule has 0 aromatic rings. The lowest BCUT2D eigenvalue weighted by atomic mass is 9.89. The van der Waals surface area contributed by atoms with E-state index in [1.807, 2.05) is 34.6 Å². The van der Waals surface area contributed by atoms with Gasteiger partial charge in [-0.1, -0.05) is 27.2 Å². The SMILES string of the molecule is CC(C)NC(=O)NCCCC(=O)CCCCCNC(=O)NCCCC(=O)CC(C)(C)C. The molecule has 4 N–H and O–H groups in total. The van der Waals surface area contributed by atoms with Crippen molar-refractivity contribution in [2.45, 2.75) is 98.4 Å². The largest absolute Gasteiger partial charge is 0.338 e. The summed E-state index contributed by atoms with van der Waals surface area (Å²) in [5.41, 5.74) is 0.00895. The van der Waals surface area contributed by atoms with Crippen molar-refractivity contribution < 1.29 is 19.2 Å². The maximum Gasteiger partial charge on any atom is 0.314 e. The second-order valence-corrected chi connectivity index (χ2v) is 9.57. The molecule has 4 amide bonds. The number of hydrogen-bond acceptors (Lipinski definition) is 4. The van der Waals surface area contributed by atoms with E-state index in [1.54, 1.807) is 0 Å². The molecule has 0 unspecified atom stereocenters. The zero-order valence-corrected chi connectivity index (χ0v) is 20.2. The normalized spacial score (nSPS) is 11.2. The maximum absolute atomic E-state index is 11.8. The number of carbonyl (C=O) groups is 4. The van der Waals surface area contributed by atoms with Crippen LogP contribution in [-0.4, -0.2) is 49.3 Å². The highest BCUT2D eigenvalue weighted by Gasteiger charge is 2.15. The maximum atomic E-state index is 11.8. The van der Waals surface area contributed by atoms with Crippen molar-refractivity contribution in [3.8, 4) is 0 Å². The summed E-state index contributed by atoms with van der Waals surface area (Å²) >= 11 is 0. The third kappa shape index (κ3) is 20.9. The molecule has 0 radical (unpaired) electrons. The predicted octanol–water partition coefficient (Wildman–Crippen LogP) is 3.69. The average Bonchev–Trinajstić information content (AvgIpc) is 2.63. The highest BCUT2D eigenvalue weighted by Crippen LogP contribution is 2.19. The minimum atomic E-state index is -0.214. The number of ketones is 2. The van der Waals surface area contributed by atoms with Crippen molar-refractivity contribution in [1.82, 2.24) is 21.3 Å². The minimum Gasteiger partial charge on any atom is -0.338 e. The van der Waals surface area contributed by atoms with Gasteiger partial charge in [-0.2, -0.15) is 0 Å². The van der Waals surface area contributed by atoms with Crippen LogP contribution in [0.4, 0.5) is 9.59 Å². The van der Waals surface area contributed by atoms with Crippen molar-refractivity contribution in [3.63, 3.8) is 0 Å². The zero-order valence-electron chi connectivity index (χ0n) is 20.2. The van der Waals surface area contributed by atoms with Crippen molar-refractivity contribution >= 4 is 23.6 Å². The molecule has 0 rings (SSSR count). The van der Waals surface area contributed by atoms with Crippen molar-refractivity contribution in [3.05, 3.63) is 0 Å². The molecule has 31 heavy (non-hydrogen) atoms. The fraction of sp³-hybridized carbons (Fsp3) is 0.826. The Kier molecular flexibility index (Phi) is 15.4. The average molecular weight is 441 g/mol. The summed E-state index contributed by atoms with van der Waals surface area (Å²) in [6.07, 6.45) is 5.87. The number of amides is 4. The van der Waals surface area contributed by atoms with Crippen LogP contribution in [0.2, 0.25) is 0 Å². The Morgan fingerprint density at radius 3 is 1.68 bits per heavy atom. The summed E-state index contributed by atoms with van der Waals surface area (Å²) in [4.78, 5) is 46.8. The summed E-state index contributed by atoms with van der Waals surface area (Å²) in [5, 5.41) is 11.0. The second-order valence-electron chi connectivity index (χ2n) is 9.57. The number of unbranched alkanes of at least 4 members (excludes halogenated alkanes) is 2. The van der Waals surface area contributed by atoms with E-state index in [0.717, 1.165) is 19.3 Å². The lowest BCUT2D eigenvalue weighted by molar-refractivity contribution is -0.121. The lowest BCUT2D eigenvalue weighted by Gasteiger charge is -2.16. The Morgan fingerprint density at radius 2 is 1.13 bits per heavy atom. The van der Waals surface area contributed by atoms with E-state index >= 15 is 0 Å². The van der Waals surface area contributed by atoms with Crippen LogP contribution in [0.25, 0.3) is 0 Å². The molecule has 0 saturated carbocycles. The summed E-state index contributed by atoms with van der Waals surface area (Å²) in [5.74, 6) is 0.440. The molecule has 0 aromatic heterocycles. The Morgan fingerprint density at radius 1 is 0.645 bits per heavy atom. The van der Waals surface area contributed by atoms with E-state index in [9.17, 15) is 19.2 Å². The van der Waals surface area contributed by atoms with Crippen LogP contribution in [0, 0.1) is 5.41 Å². The summed E-state index contributed by atoms with van der Waals surface area (Å²) < 4.78 is 0. The molecule has 0 atom stereocenters. The van der Waals surface area contributed by atoms with Crippen LogP contribution in [0.1, 0.15) is 92.4 Å². The van der Waals surface area contributed by atoms with Gasteiger partial charge in [0.25, 0.3) is 0 Å². The Balaban J connectivity index is 3.53. The van der Waals surface area contributed by atoms with Gasteiger partial charge in [0, 0.05) is 51.4 Å². The highest BCUT2D eigenvalue weighted by molar-refractivity contribution is 5.79. The number of Topliss-reactive ketones (excluding diaryl/α,β-unsaturated/α-hetero) is 2. The Bertz CT molecular complexity index is 556. The van der Waals surface area contributed by atoms with Gasteiger partial charge in [0.1, 0.15) is 11.6 Å². The topological polar surface area (TPSA) is 116 Å². The second kappa shape index (κ2) is 16.6. The van der Waals surface area contributed by atoms with E-state index < -0.39 is 0 Å². The Hall–Kier alpha value is -2.12. The smallest absolute Gasteiger partial charge is 0.314 e. The zero-order chi connectivity index (χ0) is 23.7. The van der Waals surface area contributed by atoms with E-state index in [2.05, 4.69) is 21.3 Å². The standard InChI is InChI=1S/C23H44N4O4/c1-18(2)27-22(31)26-16-9-12-19(28)11-7-6-8-14-24-21(30)25-15-10-13-20(29)17-23(3,4)5/h18H,6-17H2,1-5H3,(H2,24,25,30)(H2,26,27,31). The number of hydrogen-bond donors (Lipinski definition) is 4. The van der Waals surface area contributed by atoms with Crippen molar-refractivity contribution in [2.24, 2.45) is 5.41 Å². The predicted molar refractivity (Wildman–Crippen MR) is 124 cm³/mol. The highest BCUT2D eigenvalue weighted by atomic mass is 16.2. The molecule has 0 saturated heterocycles. The quantitative estimate of drug-likeness (QED) is 0.274. The molecule has 0 fully saturated rings. The fourth-order valence-corrected chi connectivity index (χ4v) is 2.98. The van der Waals surface area contributed by atoms with E-state index in [0.29, 0.717) is 58.2 Å². The van der Waals surface area contributed by atoms with Gasteiger partial charge in [-0.15, -0.1) is 0 Å². The summed E-state index contributed by atoms with van der Waals surface area (Å²) in [7, 11) is 0. The summed E-state index contributed by atoms with van der Waals surface area (Å²) in [6.45, 7) is 11.5. The molecule has 0 aliphatic heterocycles. The van der Waals surface area contributed by atoms with Crippen LogP contribution in [0.15, 0.2) is 0 Å². The summed E-state index contributed by atoms with van der Waals surface area (Å²) in [6, 6.07) is -0.322. The molecule has 0 aromatic carbocycles. The van der Waals surface area contributed by atoms with Gasteiger partial charge in [0.15, 0.2) is 0 Å². The van der Waals surface area contributed by atoms with Crippen molar-refractivity contribution in [2.75, 3.05) is 19.6 Å². The van der Waals surface area contributed by atoms with Gasteiger partial charge in [-0.3, -0.25) is 9.59 Å². The van der Waals surface area contributed by atoms with Gasteiger partial charge in [0.05, 0.1) is 0 Å². The molecule has 0 aliphatic carbocycles. The molecule has 0 aliphatic rings. The minimum absolute atomic E-state index is 0.00895. The number of rotatable bonds is 16. The molecular formula is C23H44N4O4. The first-order valence-corrected chi connectivity index (χ1v) is 11.6. The first-order chi connectivity index (χ1) is 14.5. The lowest BCUT2D eigenvalue weighted by Crippen LogP contribution is -2.39. The van der Waals surface area contributed by atoms with Gasteiger partial charge < -0.3 is 21.3 Å². The first-order valence-electron chi connectivity index (χ1n) is 11.6. The monoisotopic (exact) mass is 440 g/mol. The molecule has 180 valence electrons. The number of urea groups is 2. The molecule has 8 heteroatoms. The van der Waals surface area contributed by atoms with Gasteiger partial charge >= 0.3 is 12.1 Å². The van der Waals surface area contributed by atoms with Crippen LogP contribution < -0.4 is 21.3 Å². The van der Waals surface area contributed by atoms with E-state index in [1.165, 1.54) is 0 Å².